The van der Waals surface area contributed by atoms with Crippen LogP contribution in [0.3, 0.4) is 0 Å². The zero-order valence-electron chi connectivity index (χ0n) is 9.66. The van der Waals surface area contributed by atoms with Gasteiger partial charge in [-0.1, -0.05) is 36.4 Å². The minimum absolute atomic E-state index is 0.609. The van der Waals surface area contributed by atoms with Crippen molar-refractivity contribution in [2.24, 2.45) is 5.73 Å². The Morgan fingerprint density at radius 2 is 2.07 bits per heavy atom. The van der Waals surface area contributed by atoms with E-state index in [1.807, 2.05) is 6.92 Å². The van der Waals surface area contributed by atoms with Crippen LogP contribution in [0, 0.1) is 0 Å². The highest BCUT2D eigenvalue weighted by atomic mass is 15.1. The largest absolute Gasteiger partial charge is 0.326 e. The normalized spacial score (nSPS) is 10.7. The fourth-order valence-electron chi connectivity index (χ4n) is 1.68. The maximum Gasteiger partial charge on any atom is 0.0234 e. The zero-order valence-corrected chi connectivity index (χ0v) is 9.66. The molecule has 2 heteroatoms. The lowest BCUT2D eigenvalue weighted by molar-refractivity contribution is 0.355. The van der Waals surface area contributed by atoms with Gasteiger partial charge in [0.2, 0.25) is 0 Å². The summed E-state index contributed by atoms with van der Waals surface area (Å²) in [6.45, 7) is 8.45. The Kier molecular flexibility index (Phi) is 4.53. The average molecular weight is 204 g/mol. The number of benzene rings is 1. The van der Waals surface area contributed by atoms with Crippen LogP contribution in [0.1, 0.15) is 18.1 Å². The van der Waals surface area contributed by atoms with E-state index in [1.54, 1.807) is 0 Å². The summed E-state index contributed by atoms with van der Waals surface area (Å²) in [7, 11) is 2.10. The molecule has 0 aromatic heterocycles. The molecule has 0 atom stereocenters. The van der Waals surface area contributed by atoms with Crippen molar-refractivity contribution in [3.8, 4) is 0 Å². The van der Waals surface area contributed by atoms with Crippen LogP contribution in [0.25, 0.3) is 0 Å². The van der Waals surface area contributed by atoms with Gasteiger partial charge >= 0.3 is 0 Å². The first kappa shape index (κ1) is 12.0. The van der Waals surface area contributed by atoms with E-state index in [2.05, 4.69) is 42.8 Å². The summed E-state index contributed by atoms with van der Waals surface area (Å²) in [6.07, 6.45) is 0. The van der Waals surface area contributed by atoms with Crippen LogP contribution in [-0.4, -0.2) is 18.5 Å². The van der Waals surface area contributed by atoms with Crippen LogP contribution in [0.5, 0.6) is 0 Å². The second-order valence-corrected chi connectivity index (χ2v) is 4.15. The Labute approximate surface area is 92.4 Å². The molecular weight excluding hydrogens is 184 g/mol. The quantitative estimate of drug-likeness (QED) is 0.745. The highest BCUT2D eigenvalue weighted by Gasteiger charge is 2.00. The molecule has 0 radical (unpaired) electrons. The predicted octanol–water partition coefficient (Wildman–Crippen LogP) is 2.15. The molecule has 1 aromatic rings. The summed E-state index contributed by atoms with van der Waals surface area (Å²) in [6, 6.07) is 8.41. The first-order valence-electron chi connectivity index (χ1n) is 5.22. The lowest BCUT2D eigenvalue weighted by atomic mass is 10.1. The van der Waals surface area contributed by atoms with Gasteiger partial charge in [-0.25, -0.2) is 0 Å². The maximum absolute atomic E-state index is 5.60. The molecule has 0 aliphatic heterocycles. The molecule has 0 saturated carbocycles. The molecule has 0 saturated heterocycles. The van der Waals surface area contributed by atoms with E-state index in [9.17, 15) is 0 Å². The average Bonchev–Trinajstić information content (AvgIpc) is 2.16. The number of rotatable bonds is 5. The molecule has 0 bridgehead atoms. The van der Waals surface area contributed by atoms with Gasteiger partial charge in [0, 0.05) is 19.6 Å². The van der Waals surface area contributed by atoms with Crippen molar-refractivity contribution in [2.45, 2.75) is 20.0 Å². The molecule has 15 heavy (non-hydrogen) atoms. The van der Waals surface area contributed by atoms with Crippen LogP contribution < -0.4 is 5.73 Å². The smallest absolute Gasteiger partial charge is 0.0234 e. The van der Waals surface area contributed by atoms with Crippen LogP contribution >= 0.6 is 0 Å². The topological polar surface area (TPSA) is 29.3 Å². The lowest BCUT2D eigenvalue weighted by Gasteiger charge is -2.16. The molecule has 2 nitrogen and oxygen atoms in total. The number of hydrogen-bond acceptors (Lipinski definition) is 2. The van der Waals surface area contributed by atoms with Gasteiger partial charge in [-0.15, -0.1) is 0 Å². The minimum atomic E-state index is 0.609. The zero-order chi connectivity index (χ0) is 11.3. The monoisotopic (exact) mass is 204 g/mol. The molecule has 2 N–H and O–H groups in total. The molecule has 0 heterocycles. The summed E-state index contributed by atoms with van der Waals surface area (Å²) in [4.78, 5) is 2.25. The second-order valence-electron chi connectivity index (χ2n) is 4.15. The van der Waals surface area contributed by atoms with Crippen molar-refractivity contribution in [2.75, 3.05) is 13.6 Å². The van der Waals surface area contributed by atoms with E-state index in [1.165, 1.54) is 16.7 Å². The Morgan fingerprint density at radius 3 is 2.67 bits per heavy atom. The third-order valence-electron chi connectivity index (χ3n) is 2.22. The fourth-order valence-corrected chi connectivity index (χ4v) is 1.68. The van der Waals surface area contributed by atoms with Crippen molar-refractivity contribution >= 4 is 0 Å². The van der Waals surface area contributed by atoms with Crippen LogP contribution in [0.4, 0.5) is 0 Å². The number of nitrogens with zero attached hydrogens (tertiary/aromatic N) is 1. The van der Waals surface area contributed by atoms with Gasteiger partial charge in [0.15, 0.2) is 0 Å². The molecule has 0 unspecified atom stereocenters. The van der Waals surface area contributed by atoms with Crippen LogP contribution in [-0.2, 0) is 13.1 Å². The van der Waals surface area contributed by atoms with Gasteiger partial charge in [0.25, 0.3) is 0 Å². The van der Waals surface area contributed by atoms with Gasteiger partial charge in [0.1, 0.15) is 0 Å². The molecule has 0 spiro atoms. The third-order valence-corrected chi connectivity index (χ3v) is 2.22. The van der Waals surface area contributed by atoms with E-state index in [-0.39, 0.29) is 0 Å². The van der Waals surface area contributed by atoms with E-state index < -0.39 is 0 Å². The minimum Gasteiger partial charge on any atom is -0.326 e. The molecule has 1 aromatic carbocycles. The van der Waals surface area contributed by atoms with Crippen LogP contribution in [0.2, 0.25) is 0 Å². The van der Waals surface area contributed by atoms with Gasteiger partial charge in [-0.2, -0.15) is 0 Å². The highest BCUT2D eigenvalue weighted by molar-refractivity contribution is 5.23. The van der Waals surface area contributed by atoms with Crippen LogP contribution in [0.15, 0.2) is 36.4 Å². The molecule has 0 aliphatic carbocycles. The summed E-state index contributed by atoms with van der Waals surface area (Å²) >= 11 is 0. The van der Waals surface area contributed by atoms with Crippen molar-refractivity contribution in [1.82, 2.24) is 4.90 Å². The second kappa shape index (κ2) is 5.69. The number of likely N-dealkylation sites (N-methyl/N-ethyl adjacent to an activating group) is 1. The molecular formula is C13H20N2. The fraction of sp³-hybridized carbons (Fsp3) is 0.385. The van der Waals surface area contributed by atoms with Crippen molar-refractivity contribution in [3.63, 3.8) is 0 Å². The Hall–Kier alpha value is -1.12. The SMILES string of the molecule is C=C(C)CN(C)Cc1cccc(CN)c1. The first-order valence-corrected chi connectivity index (χ1v) is 5.22. The van der Waals surface area contributed by atoms with E-state index in [0.717, 1.165) is 13.1 Å². The van der Waals surface area contributed by atoms with E-state index >= 15 is 0 Å². The van der Waals surface area contributed by atoms with Crippen molar-refractivity contribution < 1.29 is 0 Å². The number of nitrogens with two attached hydrogens (primary N) is 1. The summed E-state index contributed by atoms with van der Waals surface area (Å²) in [5, 5.41) is 0. The van der Waals surface area contributed by atoms with Gasteiger partial charge in [0.05, 0.1) is 0 Å². The predicted molar refractivity (Wildman–Crippen MR) is 65.5 cm³/mol. The summed E-state index contributed by atoms with van der Waals surface area (Å²) in [5.74, 6) is 0. The lowest BCUT2D eigenvalue weighted by Crippen LogP contribution is -2.19. The van der Waals surface area contributed by atoms with E-state index in [4.69, 9.17) is 5.73 Å². The van der Waals surface area contributed by atoms with Gasteiger partial charge in [-0.3, -0.25) is 4.90 Å². The Bertz CT molecular complexity index is 331. The summed E-state index contributed by atoms with van der Waals surface area (Å²) in [5.41, 5.74) is 9.29. The Morgan fingerprint density at radius 1 is 1.40 bits per heavy atom. The highest BCUT2D eigenvalue weighted by Crippen LogP contribution is 2.07. The van der Waals surface area contributed by atoms with Gasteiger partial charge in [-0.05, 0) is 25.1 Å². The molecule has 0 fully saturated rings. The maximum atomic E-state index is 5.60. The standard InChI is InChI=1S/C13H20N2/c1-11(2)9-15(3)10-13-6-4-5-12(7-13)8-14/h4-7H,1,8-10,14H2,2-3H3. The molecule has 1 rings (SSSR count). The molecule has 0 aliphatic rings. The van der Waals surface area contributed by atoms with Gasteiger partial charge < -0.3 is 5.73 Å². The Balaban J connectivity index is 2.59. The van der Waals surface area contributed by atoms with Crippen molar-refractivity contribution in [1.29, 1.82) is 0 Å². The number of hydrogen-bond donors (Lipinski definition) is 1. The first-order chi connectivity index (χ1) is 7.11. The molecule has 82 valence electrons. The molecule has 0 amide bonds. The summed E-state index contributed by atoms with van der Waals surface area (Å²) < 4.78 is 0. The van der Waals surface area contributed by atoms with Crippen molar-refractivity contribution in [3.05, 3.63) is 47.5 Å². The van der Waals surface area contributed by atoms with E-state index in [0.29, 0.717) is 6.54 Å². The third kappa shape index (κ3) is 4.28.